The first-order chi connectivity index (χ1) is 14.3. The average Bonchev–Trinajstić information content (AvgIpc) is 2.74. The number of allylic oxidation sites excluding steroid dienone is 1. The molecule has 0 saturated heterocycles. The van der Waals surface area contributed by atoms with Crippen LogP contribution >= 0.6 is 23.2 Å². The molecule has 0 fully saturated rings. The maximum Gasteiger partial charge on any atom is 0.275 e. The van der Waals surface area contributed by atoms with Crippen molar-refractivity contribution in [2.75, 3.05) is 6.67 Å². The molecular weight excluding hydrogens is 425 g/mol. The van der Waals surface area contributed by atoms with Crippen molar-refractivity contribution in [1.29, 1.82) is 0 Å². The standard InChI is InChI=1S/C20H27Cl2N7O/c1-4-13(2)19(27-9-15-5-6-16(21)17(22)7-15)29-20(30)18(14(3)8-23)28-12-26-11-25-10-24/h5-8,10-11,27H,4,9,12,23H2,1-3H3,(H,29,30)(H2,24,25,26)/b14-8?,19-13-,28-18?. The highest BCUT2D eigenvalue weighted by Crippen LogP contribution is 2.22. The van der Waals surface area contributed by atoms with Gasteiger partial charge in [0.1, 0.15) is 24.5 Å². The second-order valence-corrected chi connectivity index (χ2v) is 6.97. The summed E-state index contributed by atoms with van der Waals surface area (Å²) in [6.45, 7) is 6.07. The van der Waals surface area contributed by atoms with Crippen LogP contribution in [-0.4, -0.2) is 31.0 Å². The Hall–Kier alpha value is -2.84. The molecule has 1 aromatic rings. The summed E-state index contributed by atoms with van der Waals surface area (Å²) in [6.07, 6.45) is 4.42. The summed E-state index contributed by atoms with van der Waals surface area (Å²) in [5.41, 5.74) is 13.3. The summed E-state index contributed by atoms with van der Waals surface area (Å²) < 4.78 is 0. The quantitative estimate of drug-likeness (QED) is 0.321. The van der Waals surface area contributed by atoms with E-state index >= 15 is 0 Å². The molecule has 1 rings (SSSR count). The molecule has 0 aliphatic carbocycles. The lowest BCUT2D eigenvalue weighted by Crippen LogP contribution is -2.37. The Morgan fingerprint density at radius 2 is 1.93 bits per heavy atom. The summed E-state index contributed by atoms with van der Waals surface area (Å²) in [7, 11) is 0. The molecule has 8 nitrogen and oxygen atoms in total. The van der Waals surface area contributed by atoms with Crippen LogP contribution in [0.25, 0.3) is 0 Å². The third-order valence-corrected chi connectivity index (χ3v) is 4.77. The fourth-order valence-electron chi connectivity index (χ4n) is 2.18. The number of nitrogens with zero attached hydrogens (tertiary/aromatic N) is 3. The lowest BCUT2D eigenvalue weighted by molar-refractivity contribution is -0.114. The number of nitrogens with two attached hydrogens (primary N) is 2. The molecule has 0 bridgehead atoms. The Morgan fingerprint density at radius 1 is 1.20 bits per heavy atom. The van der Waals surface area contributed by atoms with Gasteiger partial charge in [-0.1, -0.05) is 36.2 Å². The van der Waals surface area contributed by atoms with Gasteiger partial charge in [0.05, 0.1) is 16.4 Å². The van der Waals surface area contributed by atoms with Crippen molar-refractivity contribution in [3.8, 4) is 0 Å². The molecule has 30 heavy (non-hydrogen) atoms. The highest BCUT2D eigenvalue weighted by molar-refractivity contribution is 6.45. The molecule has 1 aromatic carbocycles. The van der Waals surface area contributed by atoms with E-state index in [-0.39, 0.29) is 12.4 Å². The van der Waals surface area contributed by atoms with E-state index in [4.69, 9.17) is 34.7 Å². The number of hydrogen-bond acceptors (Lipinski definition) is 5. The fraction of sp³-hybridized carbons (Fsp3) is 0.300. The molecule has 0 atom stereocenters. The van der Waals surface area contributed by atoms with Crippen molar-refractivity contribution in [1.82, 2.24) is 10.6 Å². The first-order valence-electron chi connectivity index (χ1n) is 9.17. The van der Waals surface area contributed by atoms with E-state index < -0.39 is 5.91 Å². The highest BCUT2D eigenvalue weighted by Gasteiger charge is 2.16. The predicted octanol–water partition coefficient (Wildman–Crippen LogP) is 3.12. The molecule has 6 N–H and O–H groups in total. The zero-order chi connectivity index (χ0) is 22.5. The molecule has 1 amide bonds. The van der Waals surface area contributed by atoms with Gasteiger partial charge in [-0.15, -0.1) is 0 Å². The highest BCUT2D eigenvalue weighted by atomic mass is 35.5. The third-order valence-electron chi connectivity index (χ3n) is 4.03. The van der Waals surface area contributed by atoms with E-state index in [2.05, 4.69) is 25.6 Å². The molecule has 0 saturated carbocycles. The number of amides is 1. The molecule has 0 aliphatic heterocycles. The lowest BCUT2D eigenvalue weighted by Gasteiger charge is -2.17. The number of nitrogens with one attached hydrogen (secondary N) is 2. The molecule has 0 heterocycles. The molecule has 0 radical (unpaired) electrons. The minimum absolute atomic E-state index is 0.00772. The van der Waals surface area contributed by atoms with Crippen molar-refractivity contribution < 1.29 is 4.79 Å². The fourth-order valence-corrected chi connectivity index (χ4v) is 2.50. The average molecular weight is 452 g/mol. The van der Waals surface area contributed by atoms with Gasteiger partial charge >= 0.3 is 0 Å². The van der Waals surface area contributed by atoms with Gasteiger partial charge in [-0.25, -0.2) is 4.99 Å². The maximum atomic E-state index is 12.9. The van der Waals surface area contributed by atoms with Crippen molar-refractivity contribution in [3.63, 3.8) is 0 Å². The van der Waals surface area contributed by atoms with Crippen LogP contribution in [0.1, 0.15) is 32.8 Å². The van der Waals surface area contributed by atoms with Gasteiger partial charge < -0.3 is 22.1 Å². The first kappa shape index (κ1) is 25.2. The lowest BCUT2D eigenvalue weighted by atomic mass is 10.1. The topological polar surface area (TPSA) is 130 Å². The first-order valence-corrected chi connectivity index (χ1v) is 9.93. The zero-order valence-corrected chi connectivity index (χ0v) is 18.8. The second kappa shape index (κ2) is 13.4. The summed E-state index contributed by atoms with van der Waals surface area (Å²) in [6, 6.07) is 5.36. The molecule has 162 valence electrons. The van der Waals surface area contributed by atoms with Crippen molar-refractivity contribution >= 4 is 47.5 Å². The summed E-state index contributed by atoms with van der Waals surface area (Å²) >= 11 is 12.0. The van der Waals surface area contributed by atoms with Gasteiger partial charge in [-0.3, -0.25) is 14.8 Å². The number of halogens is 2. The van der Waals surface area contributed by atoms with Crippen LogP contribution < -0.4 is 22.1 Å². The third kappa shape index (κ3) is 8.26. The van der Waals surface area contributed by atoms with E-state index in [1.165, 1.54) is 12.5 Å². The largest absolute Gasteiger partial charge is 0.404 e. The Labute approximate surface area is 186 Å². The van der Waals surface area contributed by atoms with E-state index in [9.17, 15) is 4.79 Å². The van der Waals surface area contributed by atoms with Gasteiger partial charge in [-0.2, -0.15) is 0 Å². The molecule has 0 spiro atoms. The monoisotopic (exact) mass is 451 g/mol. The second-order valence-electron chi connectivity index (χ2n) is 6.16. The van der Waals surface area contributed by atoms with Gasteiger partial charge in [0.25, 0.3) is 5.91 Å². The number of rotatable bonds is 10. The molecule has 0 aliphatic rings. The number of carbonyl (C=O) groups excluding carboxylic acids is 1. The SMILES string of the molecule is CC/C(C)=C(/NCc1ccc(Cl)c(Cl)c1)NC(=O)C(=NCN=CN=CN)C(C)=CN. The van der Waals surface area contributed by atoms with Gasteiger partial charge in [-0.05, 0) is 55.3 Å². The van der Waals surface area contributed by atoms with Crippen molar-refractivity contribution in [2.24, 2.45) is 26.4 Å². The van der Waals surface area contributed by atoms with Crippen LogP contribution in [0.2, 0.25) is 10.0 Å². The minimum Gasteiger partial charge on any atom is -0.404 e. The smallest absolute Gasteiger partial charge is 0.275 e. The maximum absolute atomic E-state index is 12.9. The number of hydrogen-bond donors (Lipinski definition) is 4. The van der Waals surface area contributed by atoms with E-state index in [0.717, 1.165) is 23.9 Å². The predicted molar refractivity (Wildman–Crippen MR) is 126 cm³/mol. The van der Waals surface area contributed by atoms with E-state index in [0.29, 0.717) is 28.0 Å². The van der Waals surface area contributed by atoms with Crippen LogP contribution in [-0.2, 0) is 11.3 Å². The Bertz CT molecular complexity index is 889. The van der Waals surface area contributed by atoms with E-state index in [1.54, 1.807) is 19.1 Å². The Morgan fingerprint density at radius 3 is 2.53 bits per heavy atom. The number of benzene rings is 1. The van der Waals surface area contributed by atoms with E-state index in [1.807, 2.05) is 19.9 Å². The summed E-state index contributed by atoms with van der Waals surface area (Å²) in [4.78, 5) is 24.6. The van der Waals surface area contributed by atoms with Gasteiger partial charge in [0.15, 0.2) is 0 Å². The zero-order valence-electron chi connectivity index (χ0n) is 17.2. The molecule has 0 aromatic heterocycles. The Kier molecular flexibility index (Phi) is 11.3. The number of carbonyl (C=O) groups is 1. The summed E-state index contributed by atoms with van der Waals surface area (Å²) in [5.74, 6) is 0.179. The summed E-state index contributed by atoms with van der Waals surface area (Å²) in [5, 5.41) is 7.06. The molecule has 0 unspecified atom stereocenters. The van der Waals surface area contributed by atoms with Crippen LogP contribution in [0, 0.1) is 0 Å². The van der Waals surface area contributed by atoms with Crippen molar-refractivity contribution in [2.45, 2.75) is 33.7 Å². The van der Waals surface area contributed by atoms with Crippen LogP contribution in [0.15, 0.2) is 56.3 Å². The molecule has 10 heteroatoms. The van der Waals surface area contributed by atoms with Crippen molar-refractivity contribution in [3.05, 3.63) is 57.0 Å². The van der Waals surface area contributed by atoms with Crippen LogP contribution in [0.4, 0.5) is 0 Å². The van der Waals surface area contributed by atoms with Crippen LogP contribution in [0.5, 0.6) is 0 Å². The van der Waals surface area contributed by atoms with Crippen LogP contribution in [0.3, 0.4) is 0 Å². The minimum atomic E-state index is -0.406. The van der Waals surface area contributed by atoms with Gasteiger partial charge in [0, 0.05) is 6.54 Å². The molecular formula is C20H27Cl2N7O. The van der Waals surface area contributed by atoms with Gasteiger partial charge in [0.2, 0.25) is 0 Å². The Balaban J connectivity index is 2.99. The number of aliphatic imine (C=N–C) groups is 3. The normalized spacial score (nSPS) is 13.6.